The summed E-state index contributed by atoms with van der Waals surface area (Å²) in [5.74, 6) is 1.36. The third-order valence-electron chi connectivity index (χ3n) is 7.93. The van der Waals surface area contributed by atoms with Crippen molar-refractivity contribution in [3.05, 3.63) is 58.0 Å². The molecule has 1 aromatic carbocycles. The monoisotopic (exact) mass is 512 g/mol. The Kier molecular flexibility index (Phi) is 7.55. The normalized spacial score (nSPS) is 24.2. The van der Waals surface area contributed by atoms with Crippen LogP contribution in [0.2, 0.25) is 5.02 Å². The number of aliphatic hydroxyl groups excluding tert-OH is 1. The van der Waals surface area contributed by atoms with E-state index in [2.05, 4.69) is 33.9 Å². The van der Waals surface area contributed by atoms with Gasteiger partial charge in [-0.05, 0) is 30.3 Å². The van der Waals surface area contributed by atoms with Gasteiger partial charge in [0.25, 0.3) is 0 Å². The number of carbonyl (C=O) groups excluding carboxylic acids is 1. The van der Waals surface area contributed by atoms with Crippen molar-refractivity contribution in [2.24, 2.45) is 10.9 Å². The molecule has 8 nitrogen and oxygen atoms in total. The predicted molar refractivity (Wildman–Crippen MR) is 143 cm³/mol. The van der Waals surface area contributed by atoms with Crippen LogP contribution in [0.5, 0.6) is 0 Å². The van der Waals surface area contributed by atoms with E-state index in [1.807, 2.05) is 35.2 Å². The fraction of sp³-hybridized carbons (Fsp3) is 0.556. The van der Waals surface area contributed by atoms with Gasteiger partial charge in [-0.3, -0.25) is 9.69 Å². The summed E-state index contributed by atoms with van der Waals surface area (Å²) in [6, 6.07) is 7.78. The van der Waals surface area contributed by atoms with Crippen molar-refractivity contribution in [3.8, 4) is 0 Å². The lowest BCUT2D eigenvalue weighted by atomic mass is 9.96. The molecule has 0 saturated carbocycles. The summed E-state index contributed by atoms with van der Waals surface area (Å²) in [6.45, 7) is 13.4. The lowest BCUT2D eigenvalue weighted by Gasteiger charge is -2.41. The van der Waals surface area contributed by atoms with Gasteiger partial charge in [0.2, 0.25) is 5.91 Å². The highest BCUT2D eigenvalue weighted by Crippen LogP contribution is 2.32. The summed E-state index contributed by atoms with van der Waals surface area (Å²) in [7, 11) is 0. The van der Waals surface area contributed by atoms with Gasteiger partial charge in [-0.1, -0.05) is 37.6 Å². The van der Waals surface area contributed by atoms with Crippen molar-refractivity contribution in [2.45, 2.75) is 19.8 Å². The Morgan fingerprint density at radius 3 is 2.42 bits per heavy atom. The number of nitrogens with one attached hydrogen (secondary N) is 1. The number of rotatable bonds is 5. The van der Waals surface area contributed by atoms with Crippen LogP contribution < -0.4 is 5.32 Å². The molecule has 3 heterocycles. The Hall–Kier alpha value is -2.55. The highest BCUT2D eigenvalue weighted by molar-refractivity contribution is 6.30. The highest BCUT2D eigenvalue weighted by atomic mass is 35.5. The van der Waals surface area contributed by atoms with Crippen LogP contribution in [-0.4, -0.2) is 109 Å². The van der Waals surface area contributed by atoms with Crippen LogP contribution in [0.15, 0.2) is 52.4 Å². The molecule has 0 bridgehead atoms. The molecule has 0 aromatic heterocycles. The largest absolute Gasteiger partial charge is 0.506 e. The molecule has 1 amide bonds. The Bertz CT molecular complexity index is 1050. The molecule has 0 spiro atoms. The molecule has 2 saturated heterocycles. The topological polar surface area (TPSA) is 74.7 Å². The molecule has 0 radical (unpaired) electrons. The van der Waals surface area contributed by atoms with Crippen LogP contribution in [0.25, 0.3) is 0 Å². The lowest BCUT2D eigenvalue weighted by molar-refractivity contribution is -0.134. The summed E-state index contributed by atoms with van der Waals surface area (Å²) >= 11 is 6.16. The molecule has 1 aromatic rings. The zero-order valence-corrected chi connectivity index (χ0v) is 22.0. The van der Waals surface area contributed by atoms with Gasteiger partial charge in [0.1, 0.15) is 18.3 Å². The Morgan fingerprint density at radius 2 is 1.75 bits per heavy atom. The van der Waals surface area contributed by atoms with Crippen molar-refractivity contribution >= 4 is 23.3 Å². The number of carbonyl (C=O) groups is 1. The number of hydrogen-bond acceptors (Lipinski definition) is 7. The van der Waals surface area contributed by atoms with Crippen LogP contribution in [0.4, 0.5) is 0 Å². The molecule has 194 valence electrons. The maximum absolute atomic E-state index is 13.9. The number of benzene rings is 1. The van der Waals surface area contributed by atoms with Crippen LogP contribution in [-0.2, 0) is 4.79 Å². The molecule has 3 aliphatic heterocycles. The van der Waals surface area contributed by atoms with Gasteiger partial charge < -0.3 is 25.1 Å². The molecule has 4 aliphatic rings. The van der Waals surface area contributed by atoms with Gasteiger partial charge in [-0.2, -0.15) is 0 Å². The quantitative estimate of drug-likeness (QED) is 0.631. The van der Waals surface area contributed by atoms with E-state index >= 15 is 0 Å². The summed E-state index contributed by atoms with van der Waals surface area (Å²) in [6.07, 6.45) is 1.87. The Balaban J connectivity index is 1.26. The third kappa shape index (κ3) is 5.12. The van der Waals surface area contributed by atoms with Gasteiger partial charge in [0.15, 0.2) is 0 Å². The van der Waals surface area contributed by atoms with Gasteiger partial charge in [-0.15, -0.1) is 0 Å². The van der Waals surface area contributed by atoms with Crippen LogP contribution in [0, 0.1) is 5.92 Å². The van der Waals surface area contributed by atoms with Crippen LogP contribution in [0.3, 0.4) is 0 Å². The van der Waals surface area contributed by atoms with Gasteiger partial charge in [0.05, 0.1) is 11.6 Å². The second-order valence-corrected chi connectivity index (χ2v) is 10.5. The number of amides is 1. The first-order valence-corrected chi connectivity index (χ1v) is 13.5. The Labute approximate surface area is 218 Å². The predicted octanol–water partition coefficient (Wildman–Crippen LogP) is 2.51. The number of piperazine rings is 2. The molecule has 5 rings (SSSR count). The number of nitrogens with zero attached hydrogens (tertiary/aromatic N) is 5. The average molecular weight is 513 g/mol. The molecule has 2 fully saturated rings. The molecule has 1 aliphatic carbocycles. The zero-order valence-electron chi connectivity index (χ0n) is 21.3. The summed E-state index contributed by atoms with van der Waals surface area (Å²) in [5, 5.41) is 14.2. The minimum atomic E-state index is -0.205. The van der Waals surface area contributed by atoms with Crippen molar-refractivity contribution < 1.29 is 9.90 Å². The van der Waals surface area contributed by atoms with Crippen LogP contribution in [0.1, 0.15) is 25.3 Å². The Morgan fingerprint density at radius 1 is 1.08 bits per heavy atom. The van der Waals surface area contributed by atoms with Crippen molar-refractivity contribution in [1.29, 1.82) is 0 Å². The maximum atomic E-state index is 13.9. The molecule has 1 unspecified atom stereocenters. The van der Waals surface area contributed by atoms with E-state index in [1.165, 1.54) is 0 Å². The third-order valence-corrected chi connectivity index (χ3v) is 8.18. The smallest absolute Gasteiger partial charge is 0.231 e. The van der Waals surface area contributed by atoms with Gasteiger partial charge in [-0.25, -0.2) is 4.99 Å². The molecule has 2 N–H and O–H groups in total. The summed E-state index contributed by atoms with van der Waals surface area (Å²) in [5.41, 5.74) is 2.89. The SMILES string of the molecule is CCN1CCN(CC(C(=O)N2CCN(C3=NCNC4=C3[C@H](C)C=C4O)CC2)c2ccc(Cl)cc2)CC1. The second-order valence-electron chi connectivity index (χ2n) is 10.1. The molecule has 9 heteroatoms. The van der Waals surface area contributed by atoms with Crippen molar-refractivity contribution in [3.63, 3.8) is 0 Å². The lowest BCUT2D eigenvalue weighted by Crippen LogP contribution is -2.54. The molecular formula is C27H37ClN6O2. The number of hydrogen-bond donors (Lipinski definition) is 2. The molecular weight excluding hydrogens is 476 g/mol. The highest BCUT2D eigenvalue weighted by Gasteiger charge is 2.35. The van der Waals surface area contributed by atoms with E-state index in [-0.39, 0.29) is 17.7 Å². The summed E-state index contributed by atoms with van der Waals surface area (Å²) < 4.78 is 0. The van der Waals surface area contributed by atoms with Gasteiger partial charge in [0, 0.05) is 75.4 Å². The first-order valence-electron chi connectivity index (χ1n) is 13.1. The van der Waals surface area contributed by atoms with Crippen LogP contribution >= 0.6 is 11.6 Å². The standard InChI is InChI=1S/C27H37ClN6O2/c1-3-31-8-10-32(11-9-31)17-22(20-4-6-21(28)7-5-20)27(36)34-14-12-33(13-15-34)26-24-19(2)16-23(35)25(24)29-18-30-26/h4-7,16,19,22,29,35H,3,8-15,17-18H2,1-2H3/t19-,22?/m1/s1. The number of aliphatic hydroxyl groups is 1. The number of likely N-dealkylation sites (N-methyl/N-ethyl adjacent to an activating group) is 1. The van der Waals surface area contributed by atoms with E-state index in [0.29, 0.717) is 30.5 Å². The van der Waals surface area contributed by atoms with Gasteiger partial charge >= 0.3 is 0 Å². The maximum Gasteiger partial charge on any atom is 0.231 e. The molecule has 2 atom stereocenters. The van der Waals surface area contributed by atoms with E-state index in [0.717, 1.165) is 75.0 Å². The zero-order chi connectivity index (χ0) is 25.2. The molecule has 36 heavy (non-hydrogen) atoms. The minimum Gasteiger partial charge on any atom is -0.506 e. The van der Waals surface area contributed by atoms with E-state index in [9.17, 15) is 9.90 Å². The van der Waals surface area contributed by atoms with E-state index in [4.69, 9.17) is 16.6 Å². The van der Waals surface area contributed by atoms with E-state index in [1.54, 1.807) is 0 Å². The average Bonchev–Trinajstić information content (AvgIpc) is 3.21. The number of amidine groups is 1. The fourth-order valence-corrected chi connectivity index (χ4v) is 5.87. The first kappa shape index (κ1) is 25.1. The number of halogens is 1. The first-order chi connectivity index (χ1) is 17.4. The minimum absolute atomic E-state index is 0.119. The summed E-state index contributed by atoms with van der Waals surface area (Å²) in [4.78, 5) is 27.8. The van der Waals surface area contributed by atoms with E-state index < -0.39 is 0 Å². The fourth-order valence-electron chi connectivity index (χ4n) is 5.75. The van der Waals surface area contributed by atoms with Crippen molar-refractivity contribution in [1.82, 2.24) is 24.9 Å². The number of aliphatic imine (C=N–C) groups is 1. The second kappa shape index (κ2) is 10.8. The van der Waals surface area contributed by atoms with Crippen molar-refractivity contribution in [2.75, 3.05) is 72.1 Å². The number of allylic oxidation sites excluding steroid dienone is 1.